The van der Waals surface area contributed by atoms with Gasteiger partial charge in [0.15, 0.2) is 0 Å². The Balaban J connectivity index is 2.32. The highest BCUT2D eigenvalue weighted by molar-refractivity contribution is 5.78. The van der Waals surface area contributed by atoms with Crippen LogP contribution in [0.3, 0.4) is 0 Å². The van der Waals surface area contributed by atoms with Crippen molar-refractivity contribution in [1.29, 1.82) is 0 Å². The predicted molar refractivity (Wildman–Crippen MR) is 78.7 cm³/mol. The molecular weight excluding hydrogens is 220 g/mol. The van der Waals surface area contributed by atoms with Gasteiger partial charge < -0.3 is 0 Å². The molecule has 1 rings (SSSR count). The molecule has 0 aliphatic heterocycles. The smallest absolute Gasteiger partial charge is 0.133 e. The van der Waals surface area contributed by atoms with E-state index in [9.17, 15) is 4.79 Å². The summed E-state index contributed by atoms with van der Waals surface area (Å²) in [5.74, 6) is 0.886. The maximum absolute atomic E-state index is 11.8. The fraction of sp³-hybridized carbons (Fsp3) is 0.824. The van der Waals surface area contributed by atoms with Gasteiger partial charge in [-0.1, -0.05) is 63.9 Å². The number of Topliss-reactive ketones (excluding diaryl/α,β-unsaturated/α-hetero) is 1. The van der Waals surface area contributed by atoms with Crippen molar-refractivity contribution < 1.29 is 4.79 Å². The first-order valence-electron chi connectivity index (χ1n) is 7.97. The van der Waals surface area contributed by atoms with E-state index in [-0.39, 0.29) is 0 Å². The maximum Gasteiger partial charge on any atom is 0.133 e. The summed E-state index contributed by atoms with van der Waals surface area (Å²) in [5, 5.41) is 0. The van der Waals surface area contributed by atoms with Crippen LogP contribution in [0.15, 0.2) is 12.7 Å². The number of rotatable bonds is 1. The van der Waals surface area contributed by atoms with E-state index in [0.717, 1.165) is 25.7 Å². The first-order chi connectivity index (χ1) is 8.83. The van der Waals surface area contributed by atoms with Crippen molar-refractivity contribution in [2.24, 2.45) is 5.92 Å². The first-order valence-corrected chi connectivity index (χ1v) is 7.97. The molecule has 0 heterocycles. The minimum Gasteiger partial charge on any atom is -0.300 e. The molecule has 0 saturated heterocycles. The monoisotopic (exact) mass is 250 g/mol. The van der Waals surface area contributed by atoms with Crippen molar-refractivity contribution in [1.82, 2.24) is 0 Å². The van der Waals surface area contributed by atoms with Gasteiger partial charge in [-0.25, -0.2) is 0 Å². The first kappa shape index (κ1) is 15.5. The minimum atomic E-state index is 0.433. The van der Waals surface area contributed by atoms with E-state index in [2.05, 4.69) is 6.58 Å². The summed E-state index contributed by atoms with van der Waals surface area (Å²) >= 11 is 0. The van der Waals surface area contributed by atoms with E-state index in [1.165, 1.54) is 57.8 Å². The number of allylic oxidation sites excluding steroid dienone is 1. The molecule has 0 aromatic heterocycles. The topological polar surface area (TPSA) is 17.1 Å². The van der Waals surface area contributed by atoms with Crippen LogP contribution >= 0.6 is 0 Å². The molecule has 104 valence electrons. The average molecular weight is 250 g/mol. The lowest BCUT2D eigenvalue weighted by molar-refractivity contribution is -0.119. The van der Waals surface area contributed by atoms with Crippen LogP contribution in [0.25, 0.3) is 0 Å². The van der Waals surface area contributed by atoms with Gasteiger partial charge in [0.1, 0.15) is 5.78 Å². The summed E-state index contributed by atoms with van der Waals surface area (Å²) in [6, 6.07) is 0. The lowest BCUT2D eigenvalue weighted by Crippen LogP contribution is -2.06. The quantitative estimate of drug-likeness (QED) is 0.566. The summed E-state index contributed by atoms with van der Waals surface area (Å²) in [7, 11) is 0. The fourth-order valence-corrected chi connectivity index (χ4v) is 2.84. The molecule has 18 heavy (non-hydrogen) atoms. The van der Waals surface area contributed by atoms with E-state index < -0.39 is 0 Å². The fourth-order valence-electron chi connectivity index (χ4n) is 2.84. The van der Waals surface area contributed by atoms with Gasteiger partial charge in [-0.2, -0.15) is 0 Å². The molecule has 1 heteroatoms. The Labute approximate surface area is 113 Å². The zero-order valence-corrected chi connectivity index (χ0v) is 12.0. The molecule has 1 atom stereocenters. The van der Waals surface area contributed by atoms with E-state index >= 15 is 0 Å². The molecule has 1 saturated carbocycles. The molecule has 1 aliphatic carbocycles. The summed E-state index contributed by atoms with van der Waals surface area (Å²) in [5.41, 5.74) is 0. The standard InChI is InChI=1S/C17H30O/c1-2-16-13-11-9-7-5-3-4-6-8-10-12-14-17(18)15-16/h2,16H,1,3-15H2. The van der Waals surface area contributed by atoms with E-state index in [1.807, 2.05) is 6.08 Å². The molecule has 1 unspecified atom stereocenters. The second-order valence-corrected chi connectivity index (χ2v) is 5.81. The Bertz CT molecular complexity index is 232. The predicted octanol–water partition coefficient (Wildman–Crippen LogP) is 5.44. The van der Waals surface area contributed by atoms with E-state index in [4.69, 9.17) is 0 Å². The van der Waals surface area contributed by atoms with Gasteiger partial charge in [-0.05, 0) is 18.8 Å². The van der Waals surface area contributed by atoms with E-state index in [1.54, 1.807) is 0 Å². The second kappa shape index (κ2) is 10.3. The van der Waals surface area contributed by atoms with Crippen molar-refractivity contribution in [3.05, 3.63) is 12.7 Å². The molecule has 0 aromatic carbocycles. The van der Waals surface area contributed by atoms with E-state index in [0.29, 0.717) is 11.7 Å². The third-order valence-corrected chi connectivity index (χ3v) is 4.10. The largest absolute Gasteiger partial charge is 0.300 e. The van der Waals surface area contributed by atoms with Crippen LogP contribution in [0, 0.1) is 5.92 Å². The average Bonchev–Trinajstić information content (AvgIpc) is 2.38. The lowest BCUT2D eigenvalue weighted by Gasteiger charge is -2.11. The van der Waals surface area contributed by atoms with Gasteiger partial charge in [0, 0.05) is 12.8 Å². The highest BCUT2D eigenvalue weighted by Crippen LogP contribution is 2.19. The van der Waals surface area contributed by atoms with Crippen LogP contribution in [0.5, 0.6) is 0 Å². The second-order valence-electron chi connectivity index (χ2n) is 5.81. The van der Waals surface area contributed by atoms with Crippen LogP contribution in [-0.2, 0) is 4.79 Å². The maximum atomic E-state index is 11.8. The van der Waals surface area contributed by atoms with Crippen LogP contribution in [0.1, 0.15) is 83.5 Å². The van der Waals surface area contributed by atoms with Crippen molar-refractivity contribution in [2.45, 2.75) is 83.5 Å². The van der Waals surface area contributed by atoms with Gasteiger partial charge in [0.05, 0.1) is 0 Å². The summed E-state index contributed by atoms with van der Waals surface area (Å²) < 4.78 is 0. The van der Waals surface area contributed by atoms with Gasteiger partial charge >= 0.3 is 0 Å². The summed E-state index contributed by atoms with van der Waals surface area (Å²) in [4.78, 5) is 11.8. The van der Waals surface area contributed by atoms with Crippen molar-refractivity contribution >= 4 is 5.78 Å². The molecular formula is C17H30O. The van der Waals surface area contributed by atoms with Crippen LogP contribution < -0.4 is 0 Å². The van der Waals surface area contributed by atoms with Crippen LogP contribution in [0.4, 0.5) is 0 Å². The molecule has 0 spiro atoms. The SMILES string of the molecule is C=CC1CCCCCCCCCCCCC(=O)C1. The van der Waals surface area contributed by atoms with Crippen molar-refractivity contribution in [3.63, 3.8) is 0 Å². The Morgan fingerprint density at radius 3 is 1.89 bits per heavy atom. The molecule has 1 fully saturated rings. The zero-order chi connectivity index (χ0) is 13.1. The van der Waals surface area contributed by atoms with Crippen LogP contribution in [-0.4, -0.2) is 5.78 Å². The summed E-state index contributed by atoms with van der Waals surface area (Å²) in [6.45, 7) is 3.88. The Morgan fingerprint density at radius 1 is 0.833 bits per heavy atom. The highest BCUT2D eigenvalue weighted by Gasteiger charge is 2.10. The molecule has 0 radical (unpaired) electrons. The number of carbonyl (C=O) groups is 1. The molecule has 0 bridgehead atoms. The Morgan fingerprint density at radius 2 is 1.33 bits per heavy atom. The normalized spacial score (nSPS) is 26.0. The van der Waals surface area contributed by atoms with Crippen molar-refractivity contribution in [3.8, 4) is 0 Å². The third-order valence-electron chi connectivity index (χ3n) is 4.10. The Hall–Kier alpha value is -0.590. The lowest BCUT2D eigenvalue weighted by atomic mass is 9.94. The van der Waals surface area contributed by atoms with Gasteiger partial charge in [0.2, 0.25) is 0 Å². The number of ketones is 1. The molecule has 0 amide bonds. The molecule has 0 N–H and O–H groups in total. The van der Waals surface area contributed by atoms with Gasteiger partial charge in [-0.3, -0.25) is 4.79 Å². The minimum absolute atomic E-state index is 0.433. The van der Waals surface area contributed by atoms with Gasteiger partial charge in [-0.15, -0.1) is 6.58 Å². The molecule has 1 aliphatic rings. The van der Waals surface area contributed by atoms with Crippen molar-refractivity contribution in [2.75, 3.05) is 0 Å². The zero-order valence-electron chi connectivity index (χ0n) is 12.0. The number of hydrogen-bond acceptors (Lipinski definition) is 1. The highest BCUT2D eigenvalue weighted by atomic mass is 16.1. The number of carbonyl (C=O) groups excluding carboxylic acids is 1. The Kier molecular flexibility index (Phi) is 8.89. The van der Waals surface area contributed by atoms with Gasteiger partial charge in [0.25, 0.3) is 0 Å². The molecule has 0 aromatic rings. The molecule has 1 nitrogen and oxygen atoms in total. The van der Waals surface area contributed by atoms with Crippen LogP contribution in [0.2, 0.25) is 0 Å². The summed E-state index contributed by atoms with van der Waals surface area (Å²) in [6.07, 6.45) is 17.9. The third kappa shape index (κ3) is 7.68. The number of hydrogen-bond donors (Lipinski definition) is 0.